The molecule has 2 aromatic rings. The van der Waals surface area contributed by atoms with Crippen LogP contribution < -0.4 is 10.6 Å². The van der Waals surface area contributed by atoms with E-state index in [0.717, 1.165) is 15.7 Å². The van der Waals surface area contributed by atoms with Crippen molar-refractivity contribution in [2.75, 3.05) is 10.6 Å². The lowest BCUT2D eigenvalue weighted by molar-refractivity contribution is -0.111. The van der Waals surface area contributed by atoms with Crippen molar-refractivity contribution in [3.05, 3.63) is 70.7 Å². The highest BCUT2D eigenvalue weighted by Crippen LogP contribution is 2.24. The van der Waals surface area contributed by atoms with Crippen molar-refractivity contribution in [2.24, 2.45) is 0 Å². The van der Waals surface area contributed by atoms with Crippen LogP contribution in [0.15, 0.2) is 59.6 Å². The largest absolute Gasteiger partial charge is 0.323 e. The molecule has 0 aromatic heterocycles. The Morgan fingerprint density at radius 1 is 1.14 bits per heavy atom. The molecule has 0 aliphatic heterocycles. The molecule has 5 heteroatoms. The molecule has 2 amide bonds. The molecule has 2 rings (SSSR count). The van der Waals surface area contributed by atoms with Crippen molar-refractivity contribution >= 4 is 39.1 Å². The van der Waals surface area contributed by atoms with Crippen molar-refractivity contribution in [2.45, 2.75) is 6.92 Å². The number of anilines is 2. The number of hydrogen-bond acceptors (Lipinski definition) is 2. The highest BCUT2D eigenvalue weighted by Gasteiger charge is 2.10. The summed E-state index contributed by atoms with van der Waals surface area (Å²) in [6.07, 6.45) is 1.18. The number of amides is 2. The first-order chi connectivity index (χ1) is 10.5. The summed E-state index contributed by atoms with van der Waals surface area (Å²) in [5.74, 6) is -0.559. The van der Waals surface area contributed by atoms with Gasteiger partial charge in [0.1, 0.15) is 0 Å². The second-order valence-electron chi connectivity index (χ2n) is 4.64. The van der Waals surface area contributed by atoms with Gasteiger partial charge in [-0.05, 0) is 48.9 Å². The predicted molar refractivity (Wildman–Crippen MR) is 92.1 cm³/mol. The van der Waals surface area contributed by atoms with Gasteiger partial charge in [0, 0.05) is 21.4 Å². The zero-order valence-corrected chi connectivity index (χ0v) is 13.6. The lowest BCUT2D eigenvalue weighted by Gasteiger charge is -2.10. The van der Waals surface area contributed by atoms with E-state index in [-0.39, 0.29) is 11.8 Å². The SMILES string of the molecule is C=CC(=O)Nc1cccc(C(=O)Nc2cccc(Br)c2C)c1. The van der Waals surface area contributed by atoms with Gasteiger partial charge in [0.25, 0.3) is 5.91 Å². The summed E-state index contributed by atoms with van der Waals surface area (Å²) in [5.41, 5.74) is 2.69. The summed E-state index contributed by atoms with van der Waals surface area (Å²) in [6.45, 7) is 5.31. The van der Waals surface area contributed by atoms with Crippen LogP contribution in [0.5, 0.6) is 0 Å². The van der Waals surface area contributed by atoms with Gasteiger partial charge in [-0.25, -0.2) is 0 Å². The van der Waals surface area contributed by atoms with E-state index in [9.17, 15) is 9.59 Å². The molecular formula is C17H15BrN2O2. The number of hydrogen-bond donors (Lipinski definition) is 2. The van der Waals surface area contributed by atoms with E-state index in [4.69, 9.17) is 0 Å². The van der Waals surface area contributed by atoms with Crippen LogP contribution in [-0.2, 0) is 4.79 Å². The molecule has 0 aliphatic rings. The summed E-state index contributed by atoms with van der Waals surface area (Å²) < 4.78 is 0.928. The third-order valence-corrected chi connectivity index (χ3v) is 3.95. The number of carbonyl (C=O) groups is 2. The van der Waals surface area contributed by atoms with Crippen LogP contribution in [0.2, 0.25) is 0 Å². The van der Waals surface area contributed by atoms with E-state index in [2.05, 4.69) is 33.1 Å². The second-order valence-corrected chi connectivity index (χ2v) is 5.50. The van der Waals surface area contributed by atoms with Gasteiger partial charge >= 0.3 is 0 Å². The van der Waals surface area contributed by atoms with Crippen molar-refractivity contribution in [1.82, 2.24) is 0 Å². The molecule has 0 bridgehead atoms. The van der Waals surface area contributed by atoms with Crippen molar-refractivity contribution in [1.29, 1.82) is 0 Å². The fourth-order valence-corrected chi connectivity index (χ4v) is 2.24. The molecule has 0 atom stereocenters. The zero-order valence-electron chi connectivity index (χ0n) is 12.0. The van der Waals surface area contributed by atoms with E-state index in [0.29, 0.717) is 11.3 Å². The molecule has 112 valence electrons. The maximum atomic E-state index is 12.3. The molecule has 2 N–H and O–H groups in total. The van der Waals surface area contributed by atoms with Gasteiger partial charge in [-0.3, -0.25) is 9.59 Å². The van der Waals surface area contributed by atoms with Gasteiger partial charge in [0.2, 0.25) is 5.91 Å². The van der Waals surface area contributed by atoms with Crippen LogP contribution >= 0.6 is 15.9 Å². The van der Waals surface area contributed by atoms with Crippen molar-refractivity contribution in [3.63, 3.8) is 0 Å². The number of carbonyl (C=O) groups excluding carboxylic acids is 2. The molecule has 2 aromatic carbocycles. The highest BCUT2D eigenvalue weighted by atomic mass is 79.9. The first-order valence-corrected chi connectivity index (χ1v) is 7.40. The average molecular weight is 359 g/mol. The maximum Gasteiger partial charge on any atom is 0.255 e. The summed E-state index contributed by atoms with van der Waals surface area (Å²) in [7, 11) is 0. The minimum absolute atomic E-state index is 0.240. The lowest BCUT2D eigenvalue weighted by Crippen LogP contribution is -2.14. The topological polar surface area (TPSA) is 58.2 Å². The normalized spacial score (nSPS) is 9.91. The van der Waals surface area contributed by atoms with Crippen molar-refractivity contribution in [3.8, 4) is 0 Å². The summed E-state index contributed by atoms with van der Waals surface area (Å²) in [5, 5.41) is 5.49. The molecule has 22 heavy (non-hydrogen) atoms. The van der Waals surface area contributed by atoms with E-state index in [1.54, 1.807) is 24.3 Å². The fourth-order valence-electron chi connectivity index (χ4n) is 1.87. The Morgan fingerprint density at radius 3 is 2.59 bits per heavy atom. The Bertz CT molecular complexity index is 741. The molecule has 0 spiro atoms. The Labute approximate surface area is 137 Å². The van der Waals surface area contributed by atoms with Crippen LogP contribution in [0, 0.1) is 6.92 Å². The summed E-state index contributed by atoms with van der Waals surface area (Å²) >= 11 is 3.43. The highest BCUT2D eigenvalue weighted by molar-refractivity contribution is 9.10. The van der Waals surface area contributed by atoms with Gasteiger partial charge in [-0.15, -0.1) is 0 Å². The molecule has 0 saturated heterocycles. The number of benzene rings is 2. The van der Waals surface area contributed by atoms with Crippen LogP contribution in [-0.4, -0.2) is 11.8 Å². The monoisotopic (exact) mass is 358 g/mol. The number of rotatable bonds is 4. The Balaban J connectivity index is 2.19. The molecule has 0 heterocycles. The Kier molecular flexibility index (Phi) is 5.12. The Morgan fingerprint density at radius 2 is 1.86 bits per heavy atom. The average Bonchev–Trinajstić information content (AvgIpc) is 2.52. The number of nitrogens with one attached hydrogen (secondary N) is 2. The van der Waals surface area contributed by atoms with Crippen LogP contribution in [0.25, 0.3) is 0 Å². The van der Waals surface area contributed by atoms with E-state index >= 15 is 0 Å². The standard InChI is InChI=1S/C17H15BrN2O2/c1-3-16(21)19-13-7-4-6-12(10-13)17(22)20-15-9-5-8-14(18)11(15)2/h3-10H,1H2,2H3,(H,19,21)(H,20,22). The van der Waals surface area contributed by atoms with Gasteiger partial charge < -0.3 is 10.6 Å². The maximum absolute atomic E-state index is 12.3. The smallest absolute Gasteiger partial charge is 0.255 e. The predicted octanol–water partition coefficient (Wildman–Crippen LogP) is 4.13. The number of halogens is 1. The second kappa shape index (κ2) is 7.04. The molecule has 4 nitrogen and oxygen atoms in total. The quantitative estimate of drug-likeness (QED) is 0.807. The summed E-state index contributed by atoms with van der Waals surface area (Å²) in [4.78, 5) is 23.6. The zero-order chi connectivity index (χ0) is 16.1. The first-order valence-electron chi connectivity index (χ1n) is 6.61. The van der Waals surface area contributed by atoms with Crippen LogP contribution in [0.4, 0.5) is 11.4 Å². The van der Waals surface area contributed by atoms with Crippen LogP contribution in [0.1, 0.15) is 15.9 Å². The minimum Gasteiger partial charge on any atom is -0.323 e. The molecule has 0 radical (unpaired) electrons. The third-order valence-electron chi connectivity index (χ3n) is 3.09. The molecule has 0 saturated carbocycles. The van der Waals surface area contributed by atoms with Crippen molar-refractivity contribution < 1.29 is 9.59 Å². The molecular weight excluding hydrogens is 344 g/mol. The van der Waals surface area contributed by atoms with Gasteiger partial charge in [0.15, 0.2) is 0 Å². The van der Waals surface area contributed by atoms with Gasteiger partial charge in [-0.1, -0.05) is 34.6 Å². The fraction of sp³-hybridized carbons (Fsp3) is 0.0588. The lowest BCUT2D eigenvalue weighted by atomic mass is 10.1. The Hall–Kier alpha value is -2.40. The molecule has 0 aliphatic carbocycles. The van der Waals surface area contributed by atoms with Gasteiger partial charge in [-0.2, -0.15) is 0 Å². The first kappa shape index (κ1) is 16.0. The van der Waals surface area contributed by atoms with E-state index in [1.807, 2.05) is 25.1 Å². The van der Waals surface area contributed by atoms with E-state index < -0.39 is 0 Å². The van der Waals surface area contributed by atoms with E-state index in [1.165, 1.54) is 6.08 Å². The minimum atomic E-state index is -0.319. The van der Waals surface area contributed by atoms with Gasteiger partial charge in [0.05, 0.1) is 0 Å². The third kappa shape index (κ3) is 3.83. The molecule has 0 fully saturated rings. The summed E-state index contributed by atoms with van der Waals surface area (Å²) in [6, 6.07) is 12.3. The molecule has 0 unspecified atom stereocenters. The van der Waals surface area contributed by atoms with Crippen LogP contribution in [0.3, 0.4) is 0 Å².